The van der Waals surface area contributed by atoms with Gasteiger partial charge in [-0.3, -0.25) is 4.79 Å². The van der Waals surface area contributed by atoms with Gasteiger partial charge in [0, 0.05) is 34.8 Å². The number of aromatic nitrogens is 1. The molecule has 4 nitrogen and oxygen atoms in total. The Bertz CT molecular complexity index is 612. The lowest BCUT2D eigenvalue weighted by Crippen LogP contribution is -2.34. The third kappa shape index (κ3) is 3.49. The molecule has 1 aromatic heterocycles. The van der Waals surface area contributed by atoms with Gasteiger partial charge in [-0.1, -0.05) is 18.6 Å². The van der Waals surface area contributed by atoms with Crippen LogP contribution in [0.4, 0.5) is 5.69 Å². The minimum absolute atomic E-state index is 0.0391. The smallest absolute Gasteiger partial charge is 0.227 e. The Hall–Kier alpha value is -1.72. The average Bonchev–Trinajstić information content (AvgIpc) is 3.02. The number of nitrogens with two attached hydrogens (primary N) is 1. The van der Waals surface area contributed by atoms with Crippen LogP contribution in [0.2, 0.25) is 0 Å². The molecule has 5 heteroatoms. The Labute approximate surface area is 128 Å². The van der Waals surface area contributed by atoms with Gasteiger partial charge >= 0.3 is 0 Å². The second kappa shape index (κ2) is 6.37. The van der Waals surface area contributed by atoms with E-state index in [1.807, 2.05) is 29.6 Å². The molecule has 21 heavy (non-hydrogen) atoms. The average molecular weight is 301 g/mol. The van der Waals surface area contributed by atoms with Gasteiger partial charge in [-0.2, -0.15) is 0 Å². The number of anilines is 1. The number of rotatable bonds is 3. The van der Waals surface area contributed by atoms with Crippen LogP contribution in [0.1, 0.15) is 25.7 Å². The molecule has 0 aliphatic heterocycles. The largest absolute Gasteiger partial charge is 0.328 e. The van der Waals surface area contributed by atoms with Crippen LogP contribution >= 0.6 is 11.3 Å². The maximum Gasteiger partial charge on any atom is 0.227 e. The van der Waals surface area contributed by atoms with Gasteiger partial charge in [-0.25, -0.2) is 4.98 Å². The van der Waals surface area contributed by atoms with Crippen molar-refractivity contribution in [3.8, 4) is 10.6 Å². The van der Waals surface area contributed by atoms with Gasteiger partial charge < -0.3 is 11.1 Å². The second-order valence-electron chi connectivity index (χ2n) is 5.53. The standard InChI is InChI=1S/C16H19N3OS/c17-13-5-1-3-11(9-13)15(20)19-14-6-2-4-12(10-14)16-18-7-8-21-16/h2,4,6-8,10-11,13H,1,3,5,9,17H2,(H,19,20). The molecule has 0 bridgehead atoms. The van der Waals surface area contributed by atoms with E-state index in [1.54, 1.807) is 17.5 Å². The Kier molecular flexibility index (Phi) is 4.31. The van der Waals surface area contributed by atoms with Crippen LogP contribution < -0.4 is 11.1 Å². The van der Waals surface area contributed by atoms with Gasteiger partial charge in [0.25, 0.3) is 0 Å². The fourth-order valence-corrected chi connectivity index (χ4v) is 3.44. The van der Waals surface area contributed by atoms with Crippen molar-refractivity contribution >= 4 is 22.9 Å². The summed E-state index contributed by atoms with van der Waals surface area (Å²) in [5, 5.41) is 5.93. The Morgan fingerprint density at radius 3 is 3.05 bits per heavy atom. The summed E-state index contributed by atoms with van der Waals surface area (Å²) in [4.78, 5) is 16.6. The first-order valence-corrected chi connectivity index (χ1v) is 8.17. The van der Waals surface area contributed by atoms with Crippen LogP contribution in [0.3, 0.4) is 0 Å². The molecule has 110 valence electrons. The molecule has 0 spiro atoms. The van der Waals surface area contributed by atoms with Gasteiger partial charge in [0.1, 0.15) is 5.01 Å². The van der Waals surface area contributed by atoms with E-state index < -0.39 is 0 Å². The van der Waals surface area contributed by atoms with Crippen molar-refractivity contribution in [2.75, 3.05) is 5.32 Å². The highest BCUT2D eigenvalue weighted by Crippen LogP contribution is 2.27. The summed E-state index contributed by atoms with van der Waals surface area (Å²) in [6.45, 7) is 0. The van der Waals surface area contributed by atoms with E-state index in [9.17, 15) is 4.79 Å². The van der Waals surface area contributed by atoms with Crippen molar-refractivity contribution in [1.82, 2.24) is 4.98 Å². The number of hydrogen-bond acceptors (Lipinski definition) is 4. The number of benzene rings is 1. The van der Waals surface area contributed by atoms with Crippen molar-refractivity contribution in [3.63, 3.8) is 0 Å². The normalized spacial score (nSPS) is 22.0. The molecule has 1 aliphatic carbocycles. The molecule has 2 aromatic rings. The van der Waals surface area contributed by atoms with E-state index in [0.29, 0.717) is 0 Å². The van der Waals surface area contributed by atoms with Crippen molar-refractivity contribution in [2.45, 2.75) is 31.7 Å². The van der Waals surface area contributed by atoms with Gasteiger partial charge in [0.2, 0.25) is 5.91 Å². The second-order valence-corrected chi connectivity index (χ2v) is 6.43. The number of thiazole rings is 1. The summed E-state index contributed by atoms with van der Waals surface area (Å²) in [5.41, 5.74) is 7.81. The van der Waals surface area contributed by atoms with E-state index in [-0.39, 0.29) is 17.9 Å². The highest BCUT2D eigenvalue weighted by molar-refractivity contribution is 7.13. The monoisotopic (exact) mass is 301 g/mol. The van der Waals surface area contributed by atoms with Crippen LogP contribution in [0.25, 0.3) is 10.6 Å². The molecule has 1 fully saturated rings. The molecule has 1 amide bonds. The number of amides is 1. The quantitative estimate of drug-likeness (QED) is 0.914. The zero-order valence-electron chi connectivity index (χ0n) is 11.8. The Morgan fingerprint density at radius 2 is 2.29 bits per heavy atom. The fraction of sp³-hybridized carbons (Fsp3) is 0.375. The maximum absolute atomic E-state index is 12.3. The zero-order valence-corrected chi connectivity index (χ0v) is 12.6. The Morgan fingerprint density at radius 1 is 1.38 bits per heavy atom. The van der Waals surface area contributed by atoms with Crippen LogP contribution in [-0.4, -0.2) is 16.9 Å². The summed E-state index contributed by atoms with van der Waals surface area (Å²) in [6.07, 6.45) is 5.58. The van der Waals surface area contributed by atoms with E-state index in [4.69, 9.17) is 5.73 Å². The first kappa shape index (κ1) is 14.2. The van der Waals surface area contributed by atoms with Gasteiger partial charge in [0.05, 0.1) is 0 Å². The lowest BCUT2D eigenvalue weighted by atomic mass is 9.85. The summed E-state index contributed by atoms with van der Waals surface area (Å²) < 4.78 is 0. The molecule has 1 saturated carbocycles. The summed E-state index contributed by atoms with van der Waals surface area (Å²) in [6, 6.07) is 8.00. The highest BCUT2D eigenvalue weighted by atomic mass is 32.1. The van der Waals surface area contributed by atoms with Crippen molar-refractivity contribution < 1.29 is 4.79 Å². The molecule has 0 radical (unpaired) electrons. The predicted molar refractivity (Wildman–Crippen MR) is 86.1 cm³/mol. The lowest BCUT2D eigenvalue weighted by molar-refractivity contribution is -0.120. The molecule has 1 aromatic carbocycles. The third-order valence-electron chi connectivity index (χ3n) is 3.89. The molecular weight excluding hydrogens is 282 g/mol. The van der Waals surface area contributed by atoms with Crippen molar-refractivity contribution in [2.24, 2.45) is 11.7 Å². The van der Waals surface area contributed by atoms with E-state index in [0.717, 1.165) is 41.9 Å². The van der Waals surface area contributed by atoms with Gasteiger partial charge in [0.15, 0.2) is 0 Å². The summed E-state index contributed by atoms with van der Waals surface area (Å²) in [5.74, 6) is 0.124. The van der Waals surface area contributed by atoms with Crippen molar-refractivity contribution in [3.05, 3.63) is 35.8 Å². The Balaban J connectivity index is 1.70. The molecule has 3 N–H and O–H groups in total. The highest BCUT2D eigenvalue weighted by Gasteiger charge is 2.25. The van der Waals surface area contributed by atoms with E-state index in [1.165, 1.54) is 0 Å². The van der Waals surface area contributed by atoms with E-state index >= 15 is 0 Å². The van der Waals surface area contributed by atoms with E-state index in [2.05, 4.69) is 10.3 Å². The zero-order chi connectivity index (χ0) is 14.7. The summed E-state index contributed by atoms with van der Waals surface area (Å²) >= 11 is 1.59. The number of carbonyl (C=O) groups is 1. The van der Waals surface area contributed by atoms with Crippen LogP contribution in [0, 0.1) is 5.92 Å². The van der Waals surface area contributed by atoms with Gasteiger partial charge in [-0.05, 0) is 31.4 Å². The minimum atomic E-state index is 0.0391. The lowest BCUT2D eigenvalue weighted by Gasteiger charge is -2.25. The predicted octanol–water partition coefficient (Wildman–Crippen LogP) is 3.27. The summed E-state index contributed by atoms with van der Waals surface area (Å²) in [7, 11) is 0. The molecular formula is C16H19N3OS. The third-order valence-corrected chi connectivity index (χ3v) is 4.72. The molecule has 3 rings (SSSR count). The maximum atomic E-state index is 12.3. The molecule has 1 aliphatic rings. The van der Waals surface area contributed by atoms with Crippen LogP contribution in [0.15, 0.2) is 35.8 Å². The first-order valence-electron chi connectivity index (χ1n) is 7.29. The molecule has 1 heterocycles. The fourth-order valence-electron chi connectivity index (χ4n) is 2.81. The molecule has 0 saturated heterocycles. The topological polar surface area (TPSA) is 68.0 Å². The molecule has 2 atom stereocenters. The molecule has 2 unspecified atom stereocenters. The van der Waals surface area contributed by atoms with Crippen LogP contribution in [-0.2, 0) is 4.79 Å². The van der Waals surface area contributed by atoms with Gasteiger partial charge in [-0.15, -0.1) is 11.3 Å². The van der Waals surface area contributed by atoms with Crippen molar-refractivity contribution in [1.29, 1.82) is 0 Å². The minimum Gasteiger partial charge on any atom is -0.328 e. The number of carbonyl (C=O) groups excluding carboxylic acids is 1. The first-order chi connectivity index (χ1) is 10.2. The number of hydrogen-bond donors (Lipinski definition) is 2. The van der Waals surface area contributed by atoms with Crippen LogP contribution in [0.5, 0.6) is 0 Å². The SMILES string of the molecule is NC1CCCC(C(=O)Nc2cccc(-c3nccs3)c2)C1. The number of nitrogens with zero attached hydrogens (tertiary/aromatic N) is 1. The number of nitrogens with one attached hydrogen (secondary N) is 1.